The molecule has 0 amide bonds. The minimum atomic E-state index is -3.46. The molecule has 0 aliphatic rings. The molecule has 1 N–H and O–H groups in total. The minimum absolute atomic E-state index is 0.177. The van der Waals surface area contributed by atoms with Crippen molar-refractivity contribution in [2.24, 2.45) is 0 Å². The fraction of sp³-hybridized carbons (Fsp3) is 0.429. The third-order valence-corrected chi connectivity index (χ3v) is 5.26. The van der Waals surface area contributed by atoms with Gasteiger partial charge in [-0.25, -0.2) is 8.42 Å². The van der Waals surface area contributed by atoms with Crippen LogP contribution in [0.15, 0.2) is 41.8 Å². The van der Waals surface area contributed by atoms with E-state index in [2.05, 4.69) is 11.3 Å². The lowest BCUT2D eigenvalue weighted by molar-refractivity contribution is 0.578. The van der Waals surface area contributed by atoms with Crippen LogP contribution in [0.4, 0.5) is 0 Å². The molecule has 0 spiro atoms. The number of hydrogen-bond acceptors (Lipinski definition) is 3. The summed E-state index contributed by atoms with van der Waals surface area (Å²) < 4.78 is 27.2. The first-order valence-corrected chi connectivity index (χ1v) is 8.63. The third kappa shape index (κ3) is 5.38. The molecule has 0 aliphatic carbocycles. The molecule has 0 aliphatic heterocycles. The van der Waals surface area contributed by atoms with E-state index in [1.165, 1.54) is 0 Å². The molecular weight excluding hydrogens is 278 g/mol. The Morgan fingerprint density at radius 3 is 2.37 bits per heavy atom. The zero-order valence-corrected chi connectivity index (χ0v) is 13.2. The molecule has 19 heavy (non-hydrogen) atoms. The standard InChI is InChI=1S/C14H21NO2S2/c1-5-6-14(18-11(2)3)15-19(16,17)13-9-7-12(4)8-10-13/h5,7-11,14-15H,1,6H2,2-4H3. The Labute approximate surface area is 120 Å². The highest BCUT2D eigenvalue weighted by atomic mass is 32.2. The minimum Gasteiger partial charge on any atom is -0.207 e. The lowest BCUT2D eigenvalue weighted by Gasteiger charge is -2.19. The van der Waals surface area contributed by atoms with Crippen molar-refractivity contribution >= 4 is 21.8 Å². The fourth-order valence-electron chi connectivity index (χ4n) is 1.57. The molecule has 1 aromatic carbocycles. The number of rotatable bonds is 7. The molecule has 3 nitrogen and oxygen atoms in total. The number of nitrogens with one attached hydrogen (secondary N) is 1. The molecule has 0 saturated heterocycles. The highest BCUT2D eigenvalue weighted by Crippen LogP contribution is 2.21. The summed E-state index contributed by atoms with van der Waals surface area (Å²) in [6.07, 6.45) is 2.34. The molecule has 0 aromatic heterocycles. The van der Waals surface area contributed by atoms with Gasteiger partial charge in [-0.3, -0.25) is 0 Å². The van der Waals surface area contributed by atoms with Gasteiger partial charge < -0.3 is 0 Å². The normalized spacial score (nSPS) is 13.5. The van der Waals surface area contributed by atoms with Crippen LogP contribution in [-0.4, -0.2) is 19.0 Å². The predicted octanol–water partition coefficient (Wildman–Crippen LogP) is 3.32. The summed E-state index contributed by atoms with van der Waals surface area (Å²) in [4.78, 5) is 0.302. The van der Waals surface area contributed by atoms with Crippen LogP contribution in [0.2, 0.25) is 0 Å². The first-order valence-electron chi connectivity index (χ1n) is 6.20. The van der Waals surface area contributed by atoms with Gasteiger partial charge in [-0.05, 0) is 25.5 Å². The summed E-state index contributed by atoms with van der Waals surface area (Å²) in [6.45, 7) is 9.69. The van der Waals surface area contributed by atoms with Crippen LogP contribution in [0, 0.1) is 6.92 Å². The van der Waals surface area contributed by atoms with Crippen molar-refractivity contribution in [3.63, 3.8) is 0 Å². The van der Waals surface area contributed by atoms with E-state index in [1.807, 2.05) is 20.8 Å². The highest BCUT2D eigenvalue weighted by Gasteiger charge is 2.20. The summed E-state index contributed by atoms with van der Waals surface area (Å²) >= 11 is 1.59. The zero-order chi connectivity index (χ0) is 14.5. The molecule has 106 valence electrons. The Hall–Kier alpha value is -0.780. The first-order chi connectivity index (χ1) is 8.85. The Morgan fingerprint density at radius 2 is 1.89 bits per heavy atom. The van der Waals surface area contributed by atoms with E-state index in [4.69, 9.17) is 0 Å². The van der Waals surface area contributed by atoms with Gasteiger partial charge in [0.25, 0.3) is 0 Å². The Balaban J connectivity index is 2.87. The third-order valence-electron chi connectivity index (χ3n) is 2.44. The van der Waals surface area contributed by atoms with E-state index >= 15 is 0 Å². The van der Waals surface area contributed by atoms with Gasteiger partial charge in [-0.2, -0.15) is 4.72 Å². The van der Waals surface area contributed by atoms with Gasteiger partial charge in [-0.15, -0.1) is 18.3 Å². The molecule has 0 radical (unpaired) electrons. The first kappa shape index (κ1) is 16.3. The second kappa shape index (κ2) is 7.12. The summed E-state index contributed by atoms with van der Waals surface area (Å²) in [5, 5.41) is 0.175. The molecule has 1 rings (SSSR count). The lowest BCUT2D eigenvalue weighted by atomic mass is 10.2. The number of hydrogen-bond donors (Lipinski definition) is 1. The predicted molar refractivity (Wildman–Crippen MR) is 82.8 cm³/mol. The molecule has 1 atom stereocenters. The van der Waals surface area contributed by atoms with Gasteiger partial charge in [0.05, 0.1) is 10.3 Å². The highest BCUT2D eigenvalue weighted by molar-refractivity contribution is 8.01. The maximum atomic E-state index is 12.3. The van der Waals surface area contributed by atoms with E-state index in [0.29, 0.717) is 16.6 Å². The van der Waals surface area contributed by atoms with Crippen molar-refractivity contribution in [2.45, 2.75) is 42.7 Å². The van der Waals surface area contributed by atoms with Crippen LogP contribution in [-0.2, 0) is 10.0 Å². The quantitative estimate of drug-likeness (QED) is 0.620. The van der Waals surface area contributed by atoms with Crippen LogP contribution < -0.4 is 4.72 Å². The summed E-state index contributed by atoms with van der Waals surface area (Å²) in [6, 6.07) is 6.85. The zero-order valence-electron chi connectivity index (χ0n) is 11.6. The van der Waals surface area contributed by atoms with Crippen molar-refractivity contribution in [1.82, 2.24) is 4.72 Å². The summed E-state index contributed by atoms with van der Waals surface area (Å²) in [5.74, 6) is 0. The Morgan fingerprint density at radius 1 is 1.32 bits per heavy atom. The average molecular weight is 299 g/mol. The second-order valence-electron chi connectivity index (χ2n) is 4.63. The second-order valence-corrected chi connectivity index (χ2v) is 8.13. The molecule has 0 heterocycles. The fourth-order valence-corrected chi connectivity index (χ4v) is 4.15. The summed E-state index contributed by atoms with van der Waals surface area (Å²) in [5.41, 5.74) is 1.04. The molecule has 0 bridgehead atoms. The van der Waals surface area contributed by atoms with Crippen molar-refractivity contribution in [1.29, 1.82) is 0 Å². The average Bonchev–Trinajstić information content (AvgIpc) is 2.28. The van der Waals surface area contributed by atoms with Crippen LogP contribution in [0.3, 0.4) is 0 Å². The van der Waals surface area contributed by atoms with Crippen LogP contribution >= 0.6 is 11.8 Å². The largest absolute Gasteiger partial charge is 0.241 e. The summed E-state index contributed by atoms with van der Waals surface area (Å²) in [7, 11) is -3.46. The van der Waals surface area contributed by atoms with Crippen molar-refractivity contribution in [2.75, 3.05) is 0 Å². The Kier molecular flexibility index (Phi) is 6.10. The van der Waals surface area contributed by atoms with E-state index in [9.17, 15) is 8.42 Å². The maximum Gasteiger partial charge on any atom is 0.241 e. The van der Waals surface area contributed by atoms with E-state index in [0.717, 1.165) is 5.56 Å². The van der Waals surface area contributed by atoms with Gasteiger partial charge in [0.1, 0.15) is 0 Å². The van der Waals surface area contributed by atoms with E-state index < -0.39 is 10.0 Å². The van der Waals surface area contributed by atoms with Crippen LogP contribution in [0.25, 0.3) is 0 Å². The van der Waals surface area contributed by atoms with Gasteiger partial charge in [0.2, 0.25) is 10.0 Å². The lowest BCUT2D eigenvalue weighted by Crippen LogP contribution is -2.33. The molecule has 0 fully saturated rings. The molecule has 1 unspecified atom stereocenters. The van der Waals surface area contributed by atoms with E-state index in [1.54, 1.807) is 42.1 Å². The van der Waals surface area contributed by atoms with Crippen LogP contribution in [0.5, 0.6) is 0 Å². The SMILES string of the molecule is C=CCC(NS(=O)(=O)c1ccc(C)cc1)SC(C)C. The number of sulfonamides is 1. The number of thioether (sulfide) groups is 1. The number of benzene rings is 1. The van der Waals surface area contributed by atoms with Gasteiger partial charge in [-0.1, -0.05) is 37.6 Å². The molecule has 1 aromatic rings. The van der Waals surface area contributed by atoms with Crippen LogP contribution in [0.1, 0.15) is 25.8 Å². The van der Waals surface area contributed by atoms with Crippen molar-refractivity contribution < 1.29 is 8.42 Å². The van der Waals surface area contributed by atoms with Gasteiger partial charge in [0.15, 0.2) is 0 Å². The maximum absolute atomic E-state index is 12.3. The van der Waals surface area contributed by atoms with Gasteiger partial charge in [0, 0.05) is 5.25 Å². The molecule has 5 heteroatoms. The smallest absolute Gasteiger partial charge is 0.207 e. The number of aryl methyl sites for hydroxylation is 1. The molecular formula is C14H21NO2S2. The monoisotopic (exact) mass is 299 g/mol. The Bertz CT molecular complexity index is 507. The van der Waals surface area contributed by atoms with Crippen molar-refractivity contribution in [3.8, 4) is 0 Å². The topological polar surface area (TPSA) is 46.2 Å². The van der Waals surface area contributed by atoms with Gasteiger partial charge >= 0.3 is 0 Å². The molecule has 0 saturated carbocycles. The van der Waals surface area contributed by atoms with E-state index in [-0.39, 0.29) is 5.37 Å². The van der Waals surface area contributed by atoms with Crippen molar-refractivity contribution in [3.05, 3.63) is 42.5 Å².